The van der Waals surface area contributed by atoms with Crippen LogP contribution in [-0.2, 0) is 9.59 Å². The van der Waals surface area contributed by atoms with Crippen LogP contribution in [0.2, 0.25) is 0 Å². The molecule has 1 heterocycles. The molecule has 0 saturated carbocycles. The van der Waals surface area contributed by atoms with Crippen LogP contribution in [0.4, 0.5) is 10.5 Å². The molecule has 8 nitrogen and oxygen atoms in total. The molecule has 31 heavy (non-hydrogen) atoms. The molecule has 0 atom stereocenters. The summed E-state index contributed by atoms with van der Waals surface area (Å²) in [4.78, 5) is 38.7. The van der Waals surface area contributed by atoms with Crippen LogP contribution in [0.15, 0.2) is 46.4 Å². The molecule has 0 spiro atoms. The molecule has 0 aromatic heterocycles. The SMILES string of the molecule is CCOc1cc(/C=C2\C(=O)NC(=O)N(c3ccc(OC)cc3)C2=O)cc(Br)c1OCC. The molecule has 1 fully saturated rings. The third-order valence-corrected chi connectivity index (χ3v) is 4.95. The van der Waals surface area contributed by atoms with Crippen molar-refractivity contribution in [1.29, 1.82) is 0 Å². The molecule has 4 amide bonds. The van der Waals surface area contributed by atoms with Gasteiger partial charge in [0, 0.05) is 0 Å². The zero-order valence-corrected chi connectivity index (χ0v) is 18.8. The second-order valence-electron chi connectivity index (χ2n) is 6.35. The number of hydrogen-bond donors (Lipinski definition) is 1. The number of anilines is 1. The lowest BCUT2D eigenvalue weighted by Gasteiger charge is -2.26. The largest absolute Gasteiger partial charge is 0.497 e. The number of nitrogens with one attached hydrogen (secondary N) is 1. The van der Waals surface area contributed by atoms with Crippen LogP contribution < -0.4 is 24.4 Å². The lowest BCUT2D eigenvalue weighted by molar-refractivity contribution is -0.122. The number of rotatable bonds is 7. The number of carbonyl (C=O) groups is 3. The molecule has 162 valence electrons. The summed E-state index contributed by atoms with van der Waals surface area (Å²) < 4.78 is 17.0. The van der Waals surface area contributed by atoms with E-state index < -0.39 is 17.8 Å². The van der Waals surface area contributed by atoms with Gasteiger partial charge in [0.25, 0.3) is 11.8 Å². The van der Waals surface area contributed by atoms with Crippen molar-refractivity contribution in [3.8, 4) is 17.2 Å². The van der Waals surface area contributed by atoms with Gasteiger partial charge in [-0.3, -0.25) is 14.9 Å². The van der Waals surface area contributed by atoms with Gasteiger partial charge in [0.1, 0.15) is 11.3 Å². The molecule has 0 bridgehead atoms. The minimum Gasteiger partial charge on any atom is -0.497 e. The molecule has 1 aliphatic rings. The molecule has 9 heteroatoms. The predicted molar refractivity (Wildman–Crippen MR) is 118 cm³/mol. The number of amides is 4. The first kappa shape index (κ1) is 22.4. The van der Waals surface area contributed by atoms with Crippen molar-refractivity contribution in [1.82, 2.24) is 5.32 Å². The van der Waals surface area contributed by atoms with E-state index in [2.05, 4.69) is 21.2 Å². The van der Waals surface area contributed by atoms with Gasteiger partial charge < -0.3 is 14.2 Å². The van der Waals surface area contributed by atoms with Crippen molar-refractivity contribution in [2.45, 2.75) is 13.8 Å². The minimum absolute atomic E-state index is 0.186. The molecule has 0 unspecified atom stereocenters. The fraction of sp³-hybridized carbons (Fsp3) is 0.227. The van der Waals surface area contributed by atoms with E-state index in [-0.39, 0.29) is 5.57 Å². The molecule has 1 saturated heterocycles. The summed E-state index contributed by atoms with van der Waals surface area (Å²) >= 11 is 3.44. The fourth-order valence-corrected chi connectivity index (χ4v) is 3.58. The maximum Gasteiger partial charge on any atom is 0.335 e. The van der Waals surface area contributed by atoms with Crippen molar-refractivity contribution in [3.05, 3.63) is 52.0 Å². The molecule has 2 aromatic rings. The van der Waals surface area contributed by atoms with Gasteiger partial charge in [-0.2, -0.15) is 0 Å². The van der Waals surface area contributed by atoms with Crippen LogP contribution in [0.5, 0.6) is 17.2 Å². The van der Waals surface area contributed by atoms with E-state index in [1.54, 1.807) is 36.4 Å². The highest BCUT2D eigenvalue weighted by Gasteiger charge is 2.36. The quantitative estimate of drug-likeness (QED) is 0.468. The summed E-state index contributed by atoms with van der Waals surface area (Å²) in [6.07, 6.45) is 1.41. The van der Waals surface area contributed by atoms with Gasteiger partial charge in [0.05, 0.1) is 30.5 Å². The van der Waals surface area contributed by atoms with Crippen molar-refractivity contribution in [3.63, 3.8) is 0 Å². The Kier molecular flexibility index (Phi) is 6.96. The summed E-state index contributed by atoms with van der Waals surface area (Å²) in [5.41, 5.74) is 0.653. The van der Waals surface area contributed by atoms with E-state index in [0.717, 1.165) is 4.90 Å². The molecule has 2 aromatic carbocycles. The van der Waals surface area contributed by atoms with Crippen molar-refractivity contribution in [2.75, 3.05) is 25.2 Å². The van der Waals surface area contributed by atoms with Gasteiger partial charge in [-0.05, 0) is 77.8 Å². The molecule has 1 aliphatic heterocycles. The second-order valence-corrected chi connectivity index (χ2v) is 7.21. The Morgan fingerprint density at radius 1 is 1.03 bits per heavy atom. The van der Waals surface area contributed by atoms with Crippen LogP contribution in [0.3, 0.4) is 0 Å². The zero-order chi connectivity index (χ0) is 22.5. The summed E-state index contributed by atoms with van der Waals surface area (Å²) in [5.74, 6) is 0.0612. The topological polar surface area (TPSA) is 94.2 Å². The third kappa shape index (κ3) is 4.72. The lowest BCUT2D eigenvalue weighted by Crippen LogP contribution is -2.54. The van der Waals surface area contributed by atoms with Crippen LogP contribution in [0.1, 0.15) is 19.4 Å². The van der Waals surface area contributed by atoms with Gasteiger partial charge in [0.2, 0.25) is 0 Å². The van der Waals surface area contributed by atoms with Crippen LogP contribution in [0.25, 0.3) is 6.08 Å². The number of carbonyl (C=O) groups excluding carboxylic acids is 3. The van der Waals surface area contributed by atoms with E-state index in [0.29, 0.717) is 46.2 Å². The highest BCUT2D eigenvalue weighted by Crippen LogP contribution is 2.37. The van der Waals surface area contributed by atoms with Crippen molar-refractivity contribution >= 4 is 45.5 Å². The standard InChI is InChI=1S/C22H21BrN2O6/c1-4-30-18-12-13(11-17(23)19(18)31-5-2)10-16-20(26)24-22(28)25(21(16)27)14-6-8-15(29-3)9-7-14/h6-12H,4-5H2,1-3H3,(H,24,26,28)/b16-10+. The Labute approximate surface area is 187 Å². The molecule has 0 radical (unpaired) electrons. The van der Waals surface area contributed by atoms with Gasteiger partial charge in [0.15, 0.2) is 11.5 Å². The molecule has 0 aliphatic carbocycles. The summed E-state index contributed by atoms with van der Waals surface area (Å²) in [5, 5.41) is 2.20. The number of imide groups is 2. The number of urea groups is 1. The normalized spacial score (nSPS) is 15.2. The maximum atomic E-state index is 13.0. The number of ether oxygens (including phenoxy) is 3. The molecule has 3 rings (SSSR count). The zero-order valence-electron chi connectivity index (χ0n) is 17.2. The summed E-state index contributed by atoms with van der Waals surface area (Å²) in [6.45, 7) is 4.55. The molecular formula is C22H21BrN2O6. The molecule has 1 N–H and O–H groups in total. The number of nitrogens with zero attached hydrogens (tertiary/aromatic N) is 1. The summed E-state index contributed by atoms with van der Waals surface area (Å²) in [6, 6.07) is 8.91. The Morgan fingerprint density at radius 2 is 1.71 bits per heavy atom. The first-order valence-electron chi connectivity index (χ1n) is 9.54. The number of halogens is 1. The highest BCUT2D eigenvalue weighted by molar-refractivity contribution is 9.10. The number of benzene rings is 2. The van der Waals surface area contributed by atoms with E-state index in [1.165, 1.54) is 13.2 Å². The average Bonchev–Trinajstić information content (AvgIpc) is 2.74. The van der Waals surface area contributed by atoms with Crippen LogP contribution >= 0.6 is 15.9 Å². The number of methoxy groups -OCH3 is 1. The van der Waals surface area contributed by atoms with Crippen LogP contribution in [-0.4, -0.2) is 38.2 Å². The highest BCUT2D eigenvalue weighted by atomic mass is 79.9. The monoisotopic (exact) mass is 488 g/mol. The molecular weight excluding hydrogens is 468 g/mol. The minimum atomic E-state index is -0.819. The number of barbiturate groups is 1. The van der Waals surface area contributed by atoms with Gasteiger partial charge in [-0.15, -0.1) is 0 Å². The smallest absolute Gasteiger partial charge is 0.335 e. The Balaban J connectivity index is 2.01. The number of hydrogen-bond acceptors (Lipinski definition) is 6. The predicted octanol–water partition coefficient (Wildman–Crippen LogP) is 3.92. The van der Waals surface area contributed by atoms with Crippen molar-refractivity contribution < 1.29 is 28.6 Å². The lowest BCUT2D eigenvalue weighted by atomic mass is 10.1. The Bertz CT molecular complexity index is 1050. The third-order valence-electron chi connectivity index (χ3n) is 4.36. The maximum absolute atomic E-state index is 13.0. The summed E-state index contributed by atoms with van der Waals surface area (Å²) in [7, 11) is 1.51. The fourth-order valence-electron chi connectivity index (χ4n) is 3.01. The van der Waals surface area contributed by atoms with E-state index in [4.69, 9.17) is 14.2 Å². The van der Waals surface area contributed by atoms with Gasteiger partial charge >= 0.3 is 6.03 Å². The first-order chi connectivity index (χ1) is 14.9. The van der Waals surface area contributed by atoms with Gasteiger partial charge in [-0.25, -0.2) is 9.69 Å². The first-order valence-corrected chi connectivity index (χ1v) is 10.3. The van der Waals surface area contributed by atoms with E-state index >= 15 is 0 Å². The Hall–Kier alpha value is -3.33. The van der Waals surface area contributed by atoms with Crippen molar-refractivity contribution in [2.24, 2.45) is 0 Å². The van der Waals surface area contributed by atoms with E-state index in [1.807, 2.05) is 13.8 Å². The van der Waals surface area contributed by atoms with E-state index in [9.17, 15) is 14.4 Å². The van der Waals surface area contributed by atoms with Crippen LogP contribution in [0, 0.1) is 0 Å². The second kappa shape index (κ2) is 9.65. The average molecular weight is 489 g/mol. The Morgan fingerprint density at radius 3 is 2.32 bits per heavy atom. The van der Waals surface area contributed by atoms with Gasteiger partial charge in [-0.1, -0.05) is 0 Å².